The molecule has 1 aromatic heterocycles. The Balaban J connectivity index is 1.99. The molecule has 24 heavy (non-hydrogen) atoms. The first-order valence-electron chi connectivity index (χ1n) is 7.92. The van der Waals surface area contributed by atoms with Gasteiger partial charge in [0, 0.05) is 24.3 Å². The van der Waals surface area contributed by atoms with Crippen LogP contribution in [0.15, 0.2) is 55.7 Å². The summed E-state index contributed by atoms with van der Waals surface area (Å²) in [6.45, 7) is 9.46. The van der Waals surface area contributed by atoms with Crippen molar-refractivity contribution in [1.82, 2.24) is 14.8 Å². The van der Waals surface area contributed by atoms with E-state index < -0.39 is 5.60 Å². The van der Waals surface area contributed by atoms with Gasteiger partial charge in [0.1, 0.15) is 24.1 Å². The molecule has 0 bridgehead atoms. The highest BCUT2D eigenvalue weighted by atomic mass is 19.1. The van der Waals surface area contributed by atoms with E-state index in [1.165, 1.54) is 41.1 Å². The van der Waals surface area contributed by atoms with E-state index in [4.69, 9.17) is 0 Å². The van der Waals surface area contributed by atoms with Gasteiger partial charge in [-0.3, -0.25) is 0 Å². The molecule has 2 heterocycles. The van der Waals surface area contributed by atoms with Crippen molar-refractivity contribution >= 4 is 5.69 Å². The van der Waals surface area contributed by atoms with Gasteiger partial charge >= 0.3 is 0 Å². The molecule has 126 valence electrons. The van der Waals surface area contributed by atoms with Crippen LogP contribution in [0.2, 0.25) is 0 Å². The summed E-state index contributed by atoms with van der Waals surface area (Å²) in [6, 6.07) is 4.45. The molecule has 1 aliphatic rings. The average molecular weight is 328 g/mol. The smallest absolute Gasteiger partial charge is 0.137 e. The summed E-state index contributed by atoms with van der Waals surface area (Å²) >= 11 is 0. The topological polar surface area (TPSA) is 54.2 Å². The zero-order chi connectivity index (χ0) is 17.2. The lowest BCUT2D eigenvalue weighted by atomic mass is 9.90. The Hall–Kier alpha value is -2.47. The molecule has 2 aromatic rings. The predicted molar refractivity (Wildman–Crippen MR) is 91.1 cm³/mol. The molecule has 5 nitrogen and oxygen atoms in total. The Bertz CT molecular complexity index is 733. The molecule has 1 N–H and O–H groups in total. The molecule has 1 saturated heterocycles. The third-order valence-electron chi connectivity index (χ3n) is 4.44. The van der Waals surface area contributed by atoms with Crippen LogP contribution >= 0.6 is 0 Å². The number of piperidine rings is 1. The first-order chi connectivity index (χ1) is 11.5. The number of anilines is 1. The molecule has 1 fully saturated rings. The summed E-state index contributed by atoms with van der Waals surface area (Å²) < 4.78 is 15.4. The van der Waals surface area contributed by atoms with Gasteiger partial charge in [-0.05, 0) is 25.0 Å². The lowest BCUT2D eigenvalue weighted by Crippen LogP contribution is -2.36. The molecule has 0 spiro atoms. The van der Waals surface area contributed by atoms with Crippen LogP contribution in [-0.4, -0.2) is 33.0 Å². The number of hydrogen-bond donors (Lipinski definition) is 1. The Morgan fingerprint density at radius 2 is 2.08 bits per heavy atom. The molecular weight excluding hydrogens is 307 g/mol. The first-order valence-corrected chi connectivity index (χ1v) is 7.92. The monoisotopic (exact) mass is 328 g/mol. The molecule has 1 aromatic carbocycles. The van der Waals surface area contributed by atoms with E-state index in [0.29, 0.717) is 11.3 Å². The second-order valence-electron chi connectivity index (χ2n) is 6.12. The maximum absolute atomic E-state index is 13.9. The molecule has 3 rings (SSSR count). The number of nitrogens with zero attached hydrogens (tertiary/aromatic N) is 4. The third-order valence-corrected chi connectivity index (χ3v) is 4.44. The fourth-order valence-corrected chi connectivity index (χ4v) is 3.02. The van der Waals surface area contributed by atoms with Crippen molar-refractivity contribution in [2.75, 3.05) is 18.0 Å². The summed E-state index contributed by atoms with van der Waals surface area (Å²) in [6.07, 6.45) is 6.14. The van der Waals surface area contributed by atoms with Crippen molar-refractivity contribution in [2.24, 2.45) is 0 Å². The zero-order valence-corrected chi connectivity index (χ0v) is 13.5. The van der Waals surface area contributed by atoms with Gasteiger partial charge in [-0.2, -0.15) is 5.10 Å². The highest BCUT2D eigenvalue weighted by Crippen LogP contribution is 2.35. The van der Waals surface area contributed by atoms with E-state index in [9.17, 15) is 9.50 Å². The molecular formula is C18H21FN4O. The van der Waals surface area contributed by atoms with E-state index in [1.54, 1.807) is 6.07 Å². The number of hydrogen-bond acceptors (Lipinski definition) is 4. The molecule has 0 saturated carbocycles. The van der Waals surface area contributed by atoms with E-state index in [0.717, 1.165) is 25.9 Å². The molecule has 1 aliphatic heterocycles. The molecule has 0 radical (unpaired) electrons. The van der Waals surface area contributed by atoms with Gasteiger partial charge in [-0.1, -0.05) is 30.9 Å². The quantitative estimate of drug-likeness (QED) is 0.858. The summed E-state index contributed by atoms with van der Waals surface area (Å²) in [4.78, 5) is 5.98. The minimum atomic E-state index is -1.37. The van der Waals surface area contributed by atoms with Gasteiger partial charge < -0.3 is 10.0 Å². The minimum absolute atomic E-state index is 0.162. The van der Waals surface area contributed by atoms with E-state index in [1.807, 2.05) is 0 Å². The fraction of sp³-hybridized carbons (Fsp3) is 0.333. The number of aliphatic hydroxyl groups is 1. The van der Waals surface area contributed by atoms with Crippen LogP contribution in [0.5, 0.6) is 0 Å². The summed E-state index contributed by atoms with van der Waals surface area (Å²) in [5.74, 6) is -0.328. The first kappa shape index (κ1) is 16.4. The molecule has 0 aliphatic carbocycles. The predicted octanol–water partition coefficient (Wildman–Crippen LogP) is 2.65. The lowest BCUT2D eigenvalue weighted by Gasteiger charge is -2.35. The van der Waals surface area contributed by atoms with Crippen molar-refractivity contribution in [2.45, 2.75) is 25.0 Å². The van der Waals surface area contributed by atoms with Crippen LogP contribution in [0.25, 0.3) is 0 Å². The lowest BCUT2D eigenvalue weighted by molar-refractivity contribution is 0.0662. The number of halogens is 1. The van der Waals surface area contributed by atoms with E-state index in [-0.39, 0.29) is 12.4 Å². The number of aromatic nitrogens is 3. The van der Waals surface area contributed by atoms with Crippen molar-refractivity contribution in [3.05, 3.63) is 67.0 Å². The highest BCUT2D eigenvalue weighted by molar-refractivity contribution is 5.58. The standard InChI is InChI=1S/C18H21FN4O/c1-3-18(24,11-23-13-20-12-21-23)16-5-4-15(19)10-17(16)22-8-6-14(2)7-9-22/h3-5,10,12-13,24H,1-2,6-9,11H2. The van der Waals surface area contributed by atoms with Crippen LogP contribution in [0.1, 0.15) is 18.4 Å². The van der Waals surface area contributed by atoms with Crippen molar-refractivity contribution < 1.29 is 9.50 Å². The van der Waals surface area contributed by atoms with Gasteiger partial charge in [0.15, 0.2) is 0 Å². The third kappa shape index (κ3) is 3.23. The summed E-state index contributed by atoms with van der Waals surface area (Å²) in [5.41, 5.74) is 1.13. The van der Waals surface area contributed by atoms with E-state index >= 15 is 0 Å². The average Bonchev–Trinajstić information content (AvgIpc) is 3.08. The Morgan fingerprint density at radius 1 is 1.33 bits per heavy atom. The second kappa shape index (κ2) is 6.57. The maximum atomic E-state index is 13.9. The van der Waals surface area contributed by atoms with E-state index in [2.05, 4.69) is 28.1 Å². The Morgan fingerprint density at radius 3 is 2.71 bits per heavy atom. The van der Waals surface area contributed by atoms with Gasteiger partial charge in [0.2, 0.25) is 0 Å². The highest BCUT2D eigenvalue weighted by Gasteiger charge is 2.31. The Labute approximate surface area is 140 Å². The van der Waals surface area contributed by atoms with Crippen LogP contribution < -0.4 is 4.90 Å². The van der Waals surface area contributed by atoms with Crippen molar-refractivity contribution in [3.8, 4) is 0 Å². The SMILES string of the molecule is C=CC(O)(Cn1cncn1)c1ccc(F)cc1N1CCC(=C)CC1. The van der Waals surface area contributed by atoms with Crippen molar-refractivity contribution in [3.63, 3.8) is 0 Å². The van der Waals surface area contributed by atoms with Crippen LogP contribution in [0, 0.1) is 5.82 Å². The van der Waals surface area contributed by atoms with Crippen molar-refractivity contribution in [1.29, 1.82) is 0 Å². The Kier molecular flexibility index (Phi) is 4.49. The van der Waals surface area contributed by atoms with Crippen LogP contribution in [-0.2, 0) is 12.1 Å². The van der Waals surface area contributed by atoms with Crippen LogP contribution in [0.4, 0.5) is 10.1 Å². The molecule has 1 atom stereocenters. The number of benzene rings is 1. The minimum Gasteiger partial charge on any atom is -0.379 e. The van der Waals surface area contributed by atoms with Gasteiger partial charge in [0.05, 0.1) is 6.54 Å². The molecule has 0 amide bonds. The van der Waals surface area contributed by atoms with Gasteiger partial charge in [0.25, 0.3) is 0 Å². The zero-order valence-electron chi connectivity index (χ0n) is 13.5. The molecule has 6 heteroatoms. The normalized spacial score (nSPS) is 17.6. The second-order valence-corrected chi connectivity index (χ2v) is 6.12. The van der Waals surface area contributed by atoms with Gasteiger partial charge in [-0.25, -0.2) is 14.1 Å². The number of rotatable bonds is 5. The largest absolute Gasteiger partial charge is 0.379 e. The molecule has 1 unspecified atom stereocenters. The summed E-state index contributed by atoms with van der Waals surface area (Å²) in [5, 5.41) is 15.2. The fourth-order valence-electron chi connectivity index (χ4n) is 3.02. The van der Waals surface area contributed by atoms with Crippen LogP contribution in [0.3, 0.4) is 0 Å². The summed E-state index contributed by atoms with van der Waals surface area (Å²) in [7, 11) is 0. The maximum Gasteiger partial charge on any atom is 0.137 e. The van der Waals surface area contributed by atoms with Gasteiger partial charge in [-0.15, -0.1) is 0 Å².